The average molecular weight is 513 g/mol. The number of hydrogen-bond donors (Lipinski definition) is 1. The first-order valence-corrected chi connectivity index (χ1v) is 12.7. The molecule has 4 aromatic rings. The molecule has 8 rings (SSSR count). The van der Waals surface area contributed by atoms with E-state index in [-0.39, 0.29) is 23.6 Å². The lowest BCUT2D eigenvalue weighted by atomic mass is 9.92. The normalized spacial score (nSPS) is 20.2. The minimum atomic E-state index is -0.615. The zero-order valence-corrected chi connectivity index (χ0v) is 20.7. The fourth-order valence-corrected chi connectivity index (χ4v) is 6.42. The van der Waals surface area contributed by atoms with E-state index in [0.29, 0.717) is 33.6 Å². The molecule has 0 spiro atoms. The van der Waals surface area contributed by atoms with Crippen molar-refractivity contribution >= 4 is 35.0 Å². The quantitative estimate of drug-likeness (QED) is 0.407. The zero-order valence-electron chi connectivity index (χ0n) is 20.7. The Morgan fingerprint density at radius 1 is 0.615 bits per heavy atom. The van der Waals surface area contributed by atoms with Crippen LogP contribution in [0.15, 0.2) is 84.9 Å². The van der Waals surface area contributed by atoms with E-state index in [1.165, 1.54) is 0 Å². The number of carbonyl (C=O) groups excluding carboxylic acids is 4. The molecule has 4 heterocycles. The molecule has 2 atom stereocenters. The summed E-state index contributed by atoms with van der Waals surface area (Å²) in [5.74, 6) is -0.766. The van der Waals surface area contributed by atoms with Crippen LogP contribution in [0.3, 0.4) is 0 Å². The van der Waals surface area contributed by atoms with Crippen molar-refractivity contribution in [2.45, 2.75) is 12.3 Å². The van der Waals surface area contributed by atoms with Crippen LogP contribution in [0.25, 0.3) is 11.1 Å². The predicted octanol–water partition coefficient (Wildman–Crippen LogP) is 4.50. The second-order valence-electron chi connectivity index (χ2n) is 10.1. The summed E-state index contributed by atoms with van der Waals surface area (Å²) in [4.78, 5) is 58.4. The van der Waals surface area contributed by atoms with Gasteiger partial charge in [0.25, 0.3) is 23.6 Å². The zero-order chi connectivity index (χ0) is 26.6. The highest BCUT2D eigenvalue weighted by molar-refractivity contribution is 6.19. The molecule has 0 radical (unpaired) electrons. The molecule has 188 valence electrons. The van der Waals surface area contributed by atoms with Crippen molar-refractivity contribution in [2.75, 3.05) is 16.8 Å². The van der Waals surface area contributed by atoms with Crippen LogP contribution in [0, 0.1) is 0 Å². The number of para-hydroxylation sites is 1. The summed E-state index contributed by atoms with van der Waals surface area (Å²) in [5, 5.41) is 2.96. The summed E-state index contributed by atoms with van der Waals surface area (Å²) < 4.78 is 0. The van der Waals surface area contributed by atoms with Crippen molar-refractivity contribution in [1.29, 1.82) is 0 Å². The monoisotopic (exact) mass is 512 g/mol. The Morgan fingerprint density at radius 2 is 1.31 bits per heavy atom. The maximum atomic E-state index is 13.7. The smallest absolute Gasteiger partial charge is 0.260 e. The molecule has 4 aliphatic rings. The van der Waals surface area contributed by atoms with Gasteiger partial charge < -0.3 is 10.2 Å². The fraction of sp³-hybridized carbons (Fsp3) is 0.0968. The third kappa shape index (κ3) is 2.67. The first-order valence-electron chi connectivity index (χ1n) is 12.7. The number of hydrogen-bond acceptors (Lipinski definition) is 4. The third-order valence-corrected chi connectivity index (χ3v) is 8.18. The molecule has 0 aromatic heterocycles. The number of carbonyl (C=O) groups is 4. The minimum absolute atomic E-state index is 0.160. The molecule has 0 aliphatic carbocycles. The van der Waals surface area contributed by atoms with Crippen molar-refractivity contribution in [2.24, 2.45) is 0 Å². The van der Waals surface area contributed by atoms with Gasteiger partial charge in [-0.2, -0.15) is 0 Å². The predicted molar refractivity (Wildman–Crippen MR) is 143 cm³/mol. The molecule has 0 saturated heterocycles. The van der Waals surface area contributed by atoms with Crippen molar-refractivity contribution in [3.63, 3.8) is 0 Å². The van der Waals surface area contributed by atoms with E-state index in [1.807, 2.05) is 48.5 Å². The highest BCUT2D eigenvalue weighted by Crippen LogP contribution is 2.49. The van der Waals surface area contributed by atoms with Crippen molar-refractivity contribution in [3.05, 3.63) is 118 Å². The van der Waals surface area contributed by atoms with Crippen LogP contribution in [0.5, 0.6) is 0 Å². The molecule has 8 heteroatoms. The van der Waals surface area contributed by atoms with Gasteiger partial charge in [0.2, 0.25) is 0 Å². The lowest BCUT2D eigenvalue weighted by Gasteiger charge is -2.39. The second kappa shape index (κ2) is 7.41. The molecule has 39 heavy (non-hydrogen) atoms. The van der Waals surface area contributed by atoms with Gasteiger partial charge in [-0.15, -0.1) is 0 Å². The number of fused-ring (bicyclic) bond motifs is 10. The first kappa shape index (κ1) is 21.8. The molecule has 4 aromatic carbocycles. The number of rotatable bonds is 1. The molecule has 0 bridgehead atoms. The maximum Gasteiger partial charge on any atom is 0.260 e. The highest BCUT2D eigenvalue weighted by Gasteiger charge is 2.48. The summed E-state index contributed by atoms with van der Waals surface area (Å²) in [6, 6.07) is 25.3. The summed E-state index contributed by atoms with van der Waals surface area (Å²) in [6.45, 7) is 0. The van der Waals surface area contributed by atoms with Crippen molar-refractivity contribution in [3.8, 4) is 11.1 Å². The third-order valence-electron chi connectivity index (χ3n) is 8.18. The summed E-state index contributed by atoms with van der Waals surface area (Å²) in [7, 11) is 1.71. The number of amides is 4. The molecule has 8 nitrogen and oxygen atoms in total. The lowest BCUT2D eigenvalue weighted by Crippen LogP contribution is -2.46. The van der Waals surface area contributed by atoms with Gasteiger partial charge in [-0.1, -0.05) is 48.5 Å². The van der Waals surface area contributed by atoms with E-state index < -0.39 is 12.3 Å². The largest absolute Gasteiger partial charge is 0.327 e. The van der Waals surface area contributed by atoms with Gasteiger partial charge in [-0.3, -0.25) is 29.0 Å². The van der Waals surface area contributed by atoms with Crippen molar-refractivity contribution in [1.82, 2.24) is 10.2 Å². The molecule has 1 N–H and O–H groups in total. The summed E-state index contributed by atoms with van der Waals surface area (Å²) in [6.07, 6.45) is -1.20. The van der Waals surface area contributed by atoms with Crippen LogP contribution in [-0.4, -0.2) is 35.6 Å². The SMILES string of the molecule is CN1C(=O)c2ccccc2N2C(=O)c3cccc(-c4ccc5c(c4)N4C(=O)c6ccccc6C4NC5=O)c3C12. The van der Waals surface area contributed by atoms with E-state index >= 15 is 0 Å². The van der Waals surface area contributed by atoms with Gasteiger partial charge in [0.15, 0.2) is 0 Å². The molecular formula is C31H20N4O4. The second-order valence-corrected chi connectivity index (χ2v) is 10.1. The first-order chi connectivity index (χ1) is 19.0. The Labute approximate surface area is 223 Å². The Kier molecular flexibility index (Phi) is 4.15. The summed E-state index contributed by atoms with van der Waals surface area (Å²) >= 11 is 0. The van der Waals surface area contributed by atoms with Gasteiger partial charge in [-0.05, 0) is 47.5 Å². The van der Waals surface area contributed by atoms with E-state index in [0.717, 1.165) is 22.3 Å². The number of nitrogens with zero attached hydrogens (tertiary/aromatic N) is 3. The Balaban J connectivity index is 1.30. The van der Waals surface area contributed by atoms with Gasteiger partial charge in [0, 0.05) is 29.3 Å². The standard InChI is InChI=1S/C31H20N4O4/c1-33-28-25-17(10-6-11-22(25)31(39)35(28)23-12-5-4-9-21(23)29(33)37)16-13-14-20-24(15-16)34-26(32-27(20)36)18-7-2-3-8-19(18)30(34)38/h2-15,26,28H,1H3,(H,32,36). The van der Waals surface area contributed by atoms with Gasteiger partial charge in [0.05, 0.1) is 22.5 Å². The van der Waals surface area contributed by atoms with Crippen molar-refractivity contribution < 1.29 is 19.2 Å². The van der Waals surface area contributed by atoms with Crippen LogP contribution in [0.2, 0.25) is 0 Å². The fourth-order valence-electron chi connectivity index (χ4n) is 6.42. The number of nitrogens with one attached hydrogen (secondary N) is 1. The van der Waals surface area contributed by atoms with Gasteiger partial charge in [0.1, 0.15) is 12.3 Å². The van der Waals surface area contributed by atoms with Gasteiger partial charge in [-0.25, -0.2) is 0 Å². The van der Waals surface area contributed by atoms with Crippen LogP contribution < -0.4 is 15.1 Å². The molecule has 4 amide bonds. The Hall–Kier alpha value is -5.24. The Bertz CT molecular complexity index is 1830. The topological polar surface area (TPSA) is 90.0 Å². The van der Waals surface area contributed by atoms with Crippen LogP contribution in [-0.2, 0) is 0 Å². The van der Waals surface area contributed by atoms with E-state index in [2.05, 4.69) is 5.32 Å². The van der Waals surface area contributed by atoms with E-state index in [1.54, 1.807) is 58.1 Å². The molecule has 2 unspecified atom stereocenters. The van der Waals surface area contributed by atoms with E-state index in [9.17, 15) is 19.2 Å². The van der Waals surface area contributed by atoms with Crippen LogP contribution in [0.4, 0.5) is 11.4 Å². The maximum absolute atomic E-state index is 13.7. The summed E-state index contributed by atoms with van der Waals surface area (Å²) in [5.41, 5.74) is 6.06. The lowest BCUT2D eigenvalue weighted by molar-refractivity contribution is 0.0702. The van der Waals surface area contributed by atoms with Gasteiger partial charge >= 0.3 is 0 Å². The number of benzene rings is 4. The van der Waals surface area contributed by atoms with Crippen LogP contribution >= 0.6 is 0 Å². The highest BCUT2D eigenvalue weighted by atomic mass is 16.2. The Morgan fingerprint density at radius 3 is 2.15 bits per heavy atom. The molecular weight excluding hydrogens is 492 g/mol. The number of anilines is 2. The van der Waals surface area contributed by atoms with E-state index in [4.69, 9.17) is 0 Å². The molecule has 0 fully saturated rings. The van der Waals surface area contributed by atoms with Crippen LogP contribution in [0.1, 0.15) is 64.9 Å². The molecule has 4 aliphatic heterocycles. The molecule has 0 saturated carbocycles. The average Bonchev–Trinajstić information content (AvgIpc) is 3.43. The minimum Gasteiger partial charge on any atom is -0.327 e.